The Bertz CT molecular complexity index is 568. The molecule has 3 rings (SSSR count). The maximum Gasteiger partial charge on any atom is 0.257 e. The number of aliphatic hydroxyl groups excluding tert-OH is 1. The number of amides is 1. The van der Waals surface area contributed by atoms with Gasteiger partial charge >= 0.3 is 0 Å². The van der Waals surface area contributed by atoms with Crippen LogP contribution in [0.1, 0.15) is 36.0 Å². The second-order valence-electron chi connectivity index (χ2n) is 5.94. The number of nitrogens with zero attached hydrogens (tertiary/aromatic N) is 1. The summed E-state index contributed by atoms with van der Waals surface area (Å²) in [5.74, 6) is -3.83. The van der Waals surface area contributed by atoms with Crippen molar-refractivity contribution in [2.75, 3.05) is 6.54 Å². The fourth-order valence-corrected chi connectivity index (χ4v) is 2.77. The Labute approximate surface area is 121 Å². The summed E-state index contributed by atoms with van der Waals surface area (Å²) >= 11 is 0. The molecule has 0 bridgehead atoms. The summed E-state index contributed by atoms with van der Waals surface area (Å²) < 4.78 is 27.2. The van der Waals surface area contributed by atoms with E-state index in [0.29, 0.717) is 19.4 Å². The molecule has 0 saturated heterocycles. The van der Waals surface area contributed by atoms with Crippen molar-refractivity contribution in [3.63, 3.8) is 0 Å². The summed E-state index contributed by atoms with van der Waals surface area (Å²) in [6.45, 7) is 0.461. The first kappa shape index (κ1) is 14.3. The number of rotatable bonds is 4. The van der Waals surface area contributed by atoms with Crippen LogP contribution >= 0.6 is 0 Å². The molecule has 2 aliphatic rings. The van der Waals surface area contributed by atoms with Crippen LogP contribution in [0.3, 0.4) is 0 Å². The second-order valence-corrected chi connectivity index (χ2v) is 5.94. The van der Waals surface area contributed by atoms with Crippen molar-refractivity contribution in [3.8, 4) is 5.75 Å². The van der Waals surface area contributed by atoms with Crippen molar-refractivity contribution in [1.29, 1.82) is 0 Å². The summed E-state index contributed by atoms with van der Waals surface area (Å²) in [7, 11) is 0. The number of hydrogen-bond donors (Lipinski definition) is 2. The first-order chi connectivity index (χ1) is 9.97. The molecule has 1 aromatic rings. The molecule has 0 atom stereocenters. The standard InChI is InChI=1S/C15H17F2NO3/c16-13-11(3-4-12(20)14(13)17)15(21)18(9-1-2-9)7-8-5-10(19)6-8/h3-4,8-10,19-20H,1-2,5-7H2. The largest absolute Gasteiger partial charge is 0.505 e. The van der Waals surface area contributed by atoms with Gasteiger partial charge in [-0.05, 0) is 43.7 Å². The van der Waals surface area contributed by atoms with Crippen LogP contribution in [0.4, 0.5) is 8.78 Å². The molecule has 0 aliphatic heterocycles. The zero-order valence-corrected chi connectivity index (χ0v) is 11.4. The highest BCUT2D eigenvalue weighted by molar-refractivity contribution is 5.95. The van der Waals surface area contributed by atoms with Gasteiger partial charge in [-0.2, -0.15) is 4.39 Å². The van der Waals surface area contributed by atoms with Crippen LogP contribution in [-0.2, 0) is 0 Å². The lowest BCUT2D eigenvalue weighted by atomic mass is 9.82. The van der Waals surface area contributed by atoms with Crippen LogP contribution in [0.2, 0.25) is 0 Å². The minimum atomic E-state index is -1.39. The van der Waals surface area contributed by atoms with E-state index in [9.17, 15) is 18.7 Å². The van der Waals surface area contributed by atoms with Gasteiger partial charge in [0.2, 0.25) is 5.82 Å². The molecule has 114 valence electrons. The number of carbonyl (C=O) groups excluding carboxylic acids is 1. The number of phenols is 1. The zero-order valence-electron chi connectivity index (χ0n) is 11.4. The fourth-order valence-electron chi connectivity index (χ4n) is 2.77. The maximum absolute atomic E-state index is 13.8. The molecule has 0 radical (unpaired) electrons. The van der Waals surface area contributed by atoms with E-state index in [2.05, 4.69) is 0 Å². The Morgan fingerprint density at radius 3 is 2.48 bits per heavy atom. The lowest BCUT2D eigenvalue weighted by molar-refractivity contribution is 0.0213. The molecular weight excluding hydrogens is 280 g/mol. The number of halogens is 2. The molecule has 21 heavy (non-hydrogen) atoms. The predicted molar refractivity (Wildman–Crippen MR) is 70.8 cm³/mol. The molecule has 2 aliphatic carbocycles. The molecule has 2 fully saturated rings. The minimum Gasteiger partial charge on any atom is -0.505 e. The van der Waals surface area contributed by atoms with Crippen LogP contribution in [0.5, 0.6) is 5.75 Å². The van der Waals surface area contributed by atoms with Crippen molar-refractivity contribution in [2.24, 2.45) is 5.92 Å². The molecule has 1 amide bonds. The van der Waals surface area contributed by atoms with Gasteiger partial charge in [0.05, 0.1) is 11.7 Å². The number of benzene rings is 1. The highest BCUT2D eigenvalue weighted by Crippen LogP contribution is 2.35. The van der Waals surface area contributed by atoms with E-state index in [1.54, 1.807) is 4.90 Å². The monoisotopic (exact) mass is 297 g/mol. The topological polar surface area (TPSA) is 60.8 Å². The van der Waals surface area contributed by atoms with Crippen LogP contribution < -0.4 is 0 Å². The highest BCUT2D eigenvalue weighted by Gasteiger charge is 2.38. The van der Waals surface area contributed by atoms with Crippen LogP contribution in [0, 0.1) is 17.6 Å². The van der Waals surface area contributed by atoms with E-state index in [-0.39, 0.29) is 23.6 Å². The molecule has 1 aromatic carbocycles. The third-order valence-corrected chi connectivity index (χ3v) is 4.21. The van der Waals surface area contributed by atoms with Crippen molar-refractivity contribution in [3.05, 3.63) is 29.3 Å². The molecule has 0 spiro atoms. The third-order valence-electron chi connectivity index (χ3n) is 4.21. The summed E-state index contributed by atoms with van der Waals surface area (Å²) in [4.78, 5) is 14.0. The Kier molecular flexibility index (Phi) is 3.57. The normalized spacial score (nSPS) is 24.5. The van der Waals surface area contributed by atoms with Gasteiger partial charge in [0.15, 0.2) is 11.6 Å². The predicted octanol–water partition coefficient (Wildman–Crippen LogP) is 2.05. The molecule has 0 heterocycles. The molecule has 2 saturated carbocycles. The Balaban J connectivity index is 1.79. The van der Waals surface area contributed by atoms with Gasteiger partial charge in [-0.1, -0.05) is 0 Å². The summed E-state index contributed by atoms with van der Waals surface area (Å²) in [6, 6.07) is 2.18. The molecule has 4 nitrogen and oxygen atoms in total. The lowest BCUT2D eigenvalue weighted by Crippen LogP contribution is -2.43. The molecular formula is C15H17F2NO3. The van der Waals surface area contributed by atoms with Crippen molar-refractivity contribution in [2.45, 2.75) is 37.8 Å². The SMILES string of the molecule is O=C(c1ccc(O)c(F)c1F)N(CC1CC(O)C1)C1CC1. The number of phenolic OH excluding ortho intramolecular Hbond substituents is 1. The van der Waals surface area contributed by atoms with Gasteiger partial charge in [0, 0.05) is 12.6 Å². The van der Waals surface area contributed by atoms with E-state index >= 15 is 0 Å². The minimum absolute atomic E-state index is 0.0755. The number of carbonyl (C=O) groups is 1. The molecule has 6 heteroatoms. The number of hydrogen-bond acceptors (Lipinski definition) is 3. The zero-order chi connectivity index (χ0) is 15.1. The van der Waals surface area contributed by atoms with Crippen LogP contribution in [-0.4, -0.2) is 39.7 Å². The fraction of sp³-hybridized carbons (Fsp3) is 0.533. The lowest BCUT2D eigenvalue weighted by Gasteiger charge is -2.36. The summed E-state index contributed by atoms with van der Waals surface area (Å²) in [6.07, 6.45) is 2.70. The molecule has 0 aromatic heterocycles. The Morgan fingerprint density at radius 2 is 1.90 bits per heavy atom. The Hall–Kier alpha value is -1.69. The van der Waals surface area contributed by atoms with Gasteiger partial charge in [-0.25, -0.2) is 4.39 Å². The Morgan fingerprint density at radius 1 is 1.24 bits per heavy atom. The average Bonchev–Trinajstić information content (AvgIpc) is 3.23. The van der Waals surface area contributed by atoms with Gasteiger partial charge in [0.25, 0.3) is 5.91 Å². The van der Waals surface area contributed by atoms with E-state index < -0.39 is 23.3 Å². The van der Waals surface area contributed by atoms with Gasteiger partial charge in [-0.15, -0.1) is 0 Å². The molecule has 0 unspecified atom stereocenters. The number of aromatic hydroxyl groups is 1. The first-order valence-corrected chi connectivity index (χ1v) is 7.13. The van der Waals surface area contributed by atoms with E-state index in [1.165, 1.54) is 0 Å². The van der Waals surface area contributed by atoms with Crippen molar-refractivity contribution < 1.29 is 23.8 Å². The smallest absolute Gasteiger partial charge is 0.257 e. The van der Waals surface area contributed by atoms with E-state index in [1.807, 2.05) is 0 Å². The van der Waals surface area contributed by atoms with Gasteiger partial charge in [-0.3, -0.25) is 4.79 Å². The van der Waals surface area contributed by atoms with Gasteiger partial charge < -0.3 is 15.1 Å². The first-order valence-electron chi connectivity index (χ1n) is 7.13. The second kappa shape index (κ2) is 5.26. The number of aliphatic hydroxyl groups is 1. The average molecular weight is 297 g/mol. The van der Waals surface area contributed by atoms with Crippen molar-refractivity contribution >= 4 is 5.91 Å². The third kappa shape index (κ3) is 2.72. The molecule has 2 N–H and O–H groups in total. The summed E-state index contributed by atoms with van der Waals surface area (Å²) in [5, 5.41) is 18.4. The summed E-state index contributed by atoms with van der Waals surface area (Å²) in [5.41, 5.74) is -0.350. The quantitative estimate of drug-likeness (QED) is 0.894. The van der Waals surface area contributed by atoms with Crippen LogP contribution in [0.25, 0.3) is 0 Å². The van der Waals surface area contributed by atoms with Crippen LogP contribution in [0.15, 0.2) is 12.1 Å². The maximum atomic E-state index is 13.8. The van der Waals surface area contributed by atoms with E-state index in [0.717, 1.165) is 25.0 Å². The van der Waals surface area contributed by atoms with E-state index in [4.69, 9.17) is 5.11 Å². The van der Waals surface area contributed by atoms with Gasteiger partial charge in [0.1, 0.15) is 0 Å². The van der Waals surface area contributed by atoms with Crippen molar-refractivity contribution in [1.82, 2.24) is 4.90 Å². The highest BCUT2D eigenvalue weighted by atomic mass is 19.2.